The number of aryl methyl sites for hydroxylation is 2. The molecule has 0 spiro atoms. The van der Waals surface area contributed by atoms with Crippen LogP contribution in [0.3, 0.4) is 0 Å². The van der Waals surface area contributed by atoms with E-state index in [1.165, 1.54) is 4.90 Å². The van der Waals surface area contributed by atoms with Crippen LogP contribution in [0.25, 0.3) is 0 Å². The summed E-state index contributed by atoms with van der Waals surface area (Å²) < 4.78 is 5.08. The standard InChI is InChI=1S/C22H24N2O4/c1-4-28-22(27)18-7-5-6-8-19(18)24-13-16(12-20(24)25)21(26)23-17-10-14(2)9-15(3)11-17/h5-11,16H,4,12-13H2,1-3H3,(H,23,26). The van der Waals surface area contributed by atoms with E-state index < -0.39 is 11.9 Å². The van der Waals surface area contributed by atoms with Crippen LogP contribution in [0.5, 0.6) is 0 Å². The fourth-order valence-corrected chi connectivity index (χ4v) is 3.50. The van der Waals surface area contributed by atoms with Crippen molar-refractivity contribution < 1.29 is 19.1 Å². The van der Waals surface area contributed by atoms with E-state index in [2.05, 4.69) is 5.32 Å². The maximum absolute atomic E-state index is 12.7. The third kappa shape index (κ3) is 4.22. The number of esters is 1. The lowest BCUT2D eigenvalue weighted by atomic mass is 10.1. The van der Waals surface area contributed by atoms with E-state index in [1.54, 1.807) is 31.2 Å². The molecule has 1 N–H and O–H groups in total. The highest BCUT2D eigenvalue weighted by molar-refractivity contribution is 6.07. The highest BCUT2D eigenvalue weighted by Crippen LogP contribution is 2.29. The van der Waals surface area contributed by atoms with Crippen LogP contribution in [0.15, 0.2) is 42.5 Å². The van der Waals surface area contributed by atoms with Gasteiger partial charge < -0.3 is 15.0 Å². The van der Waals surface area contributed by atoms with Gasteiger partial charge in [0.15, 0.2) is 0 Å². The summed E-state index contributed by atoms with van der Waals surface area (Å²) in [5, 5.41) is 2.91. The Kier molecular flexibility index (Phi) is 5.78. The molecule has 1 heterocycles. The molecular formula is C22H24N2O4. The third-order valence-electron chi connectivity index (χ3n) is 4.68. The number of amides is 2. The minimum Gasteiger partial charge on any atom is -0.462 e. The number of nitrogens with zero attached hydrogens (tertiary/aromatic N) is 1. The van der Waals surface area contributed by atoms with E-state index in [9.17, 15) is 14.4 Å². The summed E-state index contributed by atoms with van der Waals surface area (Å²) in [6.45, 7) is 6.15. The Bertz CT molecular complexity index is 902. The van der Waals surface area contributed by atoms with E-state index in [0.29, 0.717) is 11.3 Å². The first-order valence-corrected chi connectivity index (χ1v) is 9.34. The van der Waals surface area contributed by atoms with Crippen molar-refractivity contribution in [2.45, 2.75) is 27.2 Å². The van der Waals surface area contributed by atoms with Crippen LogP contribution in [0.4, 0.5) is 11.4 Å². The van der Waals surface area contributed by atoms with Crippen LogP contribution in [0.2, 0.25) is 0 Å². The van der Waals surface area contributed by atoms with Gasteiger partial charge in [0, 0.05) is 18.7 Å². The fraction of sp³-hybridized carbons (Fsp3) is 0.318. The van der Waals surface area contributed by atoms with E-state index >= 15 is 0 Å². The van der Waals surface area contributed by atoms with Crippen molar-refractivity contribution in [1.29, 1.82) is 0 Å². The van der Waals surface area contributed by atoms with Crippen LogP contribution in [-0.4, -0.2) is 30.9 Å². The molecule has 1 atom stereocenters. The smallest absolute Gasteiger partial charge is 0.340 e. The number of ether oxygens (including phenoxy) is 1. The van der Waals surface area contributed by atoms with Gasteiger partial charge in [-0.25, -0.2) is 4.79 Å². The summed E-state index contributed by atoms with van der Waals surface area (Å²) in [6.07, 6.45) is 0.105. The zero-order chi connectivity index (χ0) is 20.3. The second-order valence-electron chi connectivity index (χ2n) is 7.01. The van der Waals surface area contributed by atoms with Crippen molar-refractivity contribution in [3.8, 4) is 0 Å². The quantitative estimate of drug-likeness (QED) is 0.806. The number of para-hydroxylation sites is 1. The van der Waals surface area contributed by atoms with Crippen LogP contribution in [0.1, 0.15) is 34.8 Å². The van der Waals surface area contributed by atoms with E-state index in [4.69, 9.17) is 4.74 Å². The van der Waals surface area contributed by atoms with Crippen LogP contribution in [0, 0.1) is 19.8 Å². The van der Waals surface area contributed by atoms with Crippen molar-refractivity contribution in [1.82, 2.24) is 0 Å². The maximum atomic E-state index is 12.7. The van der Waals surface area contributed by atoms with Crippen molar-refractivity contribution in [3.63, 3.8) is 0 Å². The van der Waals surface area contributed by atoms with Crippen molar-refractivity contribution in [3.05, 3.63) is 59.2 Å². The molecule has 2 aromatic rings. The summed E-state index contributed by atoms with van der Waals surface area (Å²) >= 11 is 0. The Morgan fingerprint density at radius 2 is 1.82 bits per heavy atom. The first kappa shape index (κ1) is 19.6. The molecule has 28 heavy (non-hydrogen) atoms. The van der Waals surface area contributed by atoms with Crippen molar-refractivity contribution >= 4 is 29.2 Å². The van der Waals surface area contributed by atoms with Gasteiger partial charge in [0.2, 0.25) is 11.8 Å². The number of hydrogen-bond donors (Lipinski definition) is 1. The molecular weight excluding hydrogens is 356 g/mol. The highest BCUT2D eigenvalue weighted by Gasteiger charge is 2.36. The average Bonchev–Trinajstić information content (AvgIpc) is 3.03. The molecule has 0 saturated carbocycles. The lowest BCUT2D eigenvalue weighted by Gasteiger charge is -2.19. The van der Waals surface area contributed by atoms with Crippen LogP contribution < -0.4 is 10.2 Å². The molecule has 6 heteroatoms. The second kappa shape index (κ2) is 8.25. The number of rotatable bonds is 5. The lowest BCUT2D eigenvalue weighted by molar-refractivity contribution is -0.122. The molecule has 2 amide bonds. The Morgan fingerprint density at radius 1 is 1.14 bits per heavy atom. The number of benzene rings is 2. The summed E-state index contributed by atoms with van der Waals surface area (Å²) in [4.78, 5) is 39.0. The first-order chi connectivity index (χ1) is 13.4. The predicted molar refractivity (Wildman–Crippen MR) is 107 cm³/mol. The number of carbonyl (C=O) groups excluding carboxylic acids is 3. The van der Waals surface area contributed by atoms with Gasteiger partial charge in [0.25, 0.3) is 0 Å². The van der Waals surface area contributed by atoms with Crippen molar-refractivity contribution in [2.24, 2.45) is 5.92 Å². The molecule has 0 bridgehead atoms. The van der Waals surface area contributed by atoms with E-state index in [0.717, 1.165) is 16.8 Å². The topological polar surface area (TPSA) is 75.7 Å². The fourth-order valence-electron chi connectivity index (χ4n) is 3.50. The molecule has 1 fully saturated rings. The molecule has 0 aliphatic carbocycles. The summed E-state index contributed by atoms with van der Waals surface area (Å²) in [5.74, 6) is -1.34. The van der Waals surface area contributed by atoms with Gasteiger partial charge in [-0.3, -0.25) is 9.59 Å². The van der Waals surface area contributed by atoms with Crippen molar-refractivity contribution in [2.75, 3.05) is 23.4 Å². The molecule has 1 unspecified atom stereocenters. The largest absolute Gasteiger partial charge is 0.462 e. The molecule has 1 aliphatic heterocycles. The zero-order valence-corrected chi connectivity index (χ0v) is 16.3. The molecule has 3 rings (SSSR count). The van der Waals surface area contributed by atoms with Gasteiger partial charge in [-0.15, -0.1) is 0 Å². The summed E-state index contributed by atoms with van der Waals surface area (Å²) in [5.41, 5.74) is 3.65. The zero-order valence-electron chi connectivity index (χ0n) is 16.3. The first-order valence-electron chi connectivity index (χ1n) is 9.34. The Labute approximate surface area is 164 Å². The number of nitrogens with one attached hydrogen (secondary N) is 1. The highest BCUT2D eigenvalue weighted by atomic mass is 16.5. The average molecular weight is 380 g/mol. The third-order valence-corrected chi connectivity index (χ3v) is 4.68. The Hall–Kier alpha value is -3.15. The maximum Gasteiger partial charge on any atom is 0.340 e. The normalized spacial score (nSPS) is 16.2. The van der Waals surface area contributed by atoms with Gasteiger partial charge in [0.05, 0.1) is 23.8 Å². The predicted octanol–water partition coefficient (Wildman–Crippen LogP) is 3.47. The minimum atomic E-state index is -0.483. The molecule has 6 nitrogen and oxygen atoms in total. The summed E-state index contributed by atoms with van der Waals surface area (Å²) in [6, 6.07) is 12.6. The summed E-state index contributed by atoms with van der Waals surface area (Å²) in [7, 11) is 0. The van der Waals surface area contributed by atoms with Gasteiger partial charge in [-0.05, 0) is 56.2 Å². The minimum absolute atomic E-state index is 0.105. The van der Waals surface area contributed by atoms with Gasteiger partial charge >= 0.3 is 5.97 Å². The molecule has 1 saturated heterocycles. The number of anilines is 2. The van der Waals surface area contributed by atoms with Crippen LogP contribution >= 0.6 is 0 Å². The molecule has 146 valence electrons. The monoisotopic (exact) mass is 380 g/mol. The van der Waals surface area contributed by atoms with Crippen LogP contribution in [-0.2, 0) is 14.3 Å². The second-order valence-corrected chi connectivity index (χ2v) is 7.01. The van der Waals surface area contributed by atoms with Gasteiger partial charge in [-0.2, -0.15) is 0 Å². The number of hydrogen-bond acceptors (Lipinski definition) is 4. The Morgan fingerprint density at radius 3 is 2.50 bits per heavy atom. The van der Waals surface area contributed by atoms with E-state index in [1.807, 2.05) is 32.0 Å². The van der Waals surface area contributed by atoms with Gasteiger partial charge in [0.1, 0.15) is 0 Å². The molecule has 0 aromatic heterocycles. The molecule has 1 aliphatic rings. The molecule has 0 radical (unpaired) electrons. The Balaban J connectivity index is 1.77. The van der Waals surface area contributed by atoms with E-state index in [-0.39, 0.29) is 31.4 Å². The number of carbonyl (C=O) groups is 3. The van der Waals surface area contributed by atoms with Gasteiger partial charge in [-0.1, -0.05) is 18.2 Å². The lowest BCUT2D eigenvalue weighted by Crippen LogP contribution is -2.29. The molecule has 2 aromatic carbocycles. The SMILES string of the molecule is CCOC(=O)c1ccccc1N1CC(C(=O)Nc2cc(C)cc(C)c2)CC1=O.